The van der Waals surface area contributed by atoms with Crippen molar-refractivity contribution in [2.75, 3.05) is 5.32 Å². The van der Waals surface area contributed by atoms with E-state index < -0.39 is 0 Å². The highest BCUT2D eigenvalue weighted by Crippen LogP contribution is 2.39. The fourth-order valence-electron chi connectivity index (χ4n) is 3.34. The molecule has 2 aliphatic rings. The quantitative estimate of drug-likeness (QED) is 0.900. The average Bonchev–Trinajstić information content (AvgIpc) is 3.44. The molecule has 1 heterocycles. The van der Waals surface area contributed by atoms with E-state index in [1.165, 1.54) is 0 Å². The molecule has 2 aromatic rings. The third-order valence-corrected chi connectivity index (χ3v) is 4.82. The molecule has 0 saturated heterocycles. The van der Waals surface area contributed by atoms with E-state index in [4.69, 9.17) is 0 Å². The van der Waals surface area contributed by atoms with Crippen LogP contribution in [0.15, 0.2) is 54.6 Å². The van der Waals surface area contributed by atoms with Crippen LogP contribution in [0.1, 0.15) is 36.4 Å². The zero-order valence-electron chi connectivity index (χ0n) is 13.4. The Balaban J connectivity index is 1.66. The molecule has 24 heavy (non-hydrogen) atoms. The summed E-state index contributed by atoms with van der Waals surface area (Å²) in [6, 6.07) is 17.4. The molecule has 0 spiro atoms. The Morgan fingerprint density at radius 1 is 1.04 bits per heavy atom. The molecule has 1 aliphatic heterocycles. The van der Waals surface area contributed by atoms with E-state index in [1.807, 2.05) is 54.6 Å². The second-order valence-corrected chi connectivity index (χ2v) is 6.59. The van der Waals surface area contributed by atoms with Gasteiger partial charge >= 0.3 is 6.03 Å². The molecule has 4 rings (SSSR count). The number of nitrogens with zero attached hydrogens (tertiary/aromatic N) is 1. The number of hydrogen-bond acceptors (Lipinski definition) is 2. The van der Waals surface area contributed by atoms with Gasteiger partial charge in [-0.05, 0) is 30.0 Å². The maximum absolute atomic E-state index is 12.6. The fourth-order valence-corrected chi connectivity index (χ4v) is 3.34. The zero-order valence-corrected chi connectivity index (χ0v) is 13.4. The lowest BCUT2D eigenvalue weighted by Gasteiger charge is -2.37. The standard InChI is InChI=1S/C20H20N2O2/c23-19(15-10-11-15)12-18-16-8-4-5-9-17(16)21-20(24)22(18)13-14-6-2-1-3-7-14/h1-9,15,18H,10-13H2,(H,21,24). The summed E-state index contributed by atoms with van der Waals surface area (Å²) in [5, 5.41) is 2.95. The number of hydrogen-bond donors (Lipinski definition) is 1. The van der Waals surface area contributed by atoms with Crippen molar-refractivity contribution < 1.29 is 9.59 Å². The number of benzene rings is 2. The third kappa shape index (κ3) is 2.92. The van der Waals surface area contributed by atoms with Gasteiger partial charge < -0.3 is 10.2 Å². The number of carbonyl (C=O) groups is 2. The SMILES string of the molecule is O=C(CC1c2ccccc2NC(=O)N1Cc1ccccc1)C1CC1. The van der Waals surface area contributed by atoms with Crippen LogP contribution in [0.2, 0.25) is 0 Å². The predicted octanol–water partition coefficient (Wildman–Crippen LogP) is 4.14. The number of fused-ring (bicyclic) bond motifs is 1. The van der Waals surface area contributed by atoms with Crippen molar-refractivity contribution in [2.24, 2.45) is 5.92 Å². The van der Waals surface area contributed by atoms with Gasteiger partial charge in [-0.2, -0.15) is 0 Å². The monoisotopic (exact) mass is 320 g/mol. The lowest BCUT2D eigenvalue weighted by atomic mass is 9.94. The Morgan fingerprint density at radius 2 is 1.75 bits per heavy atom. The Morgan fingerprint density at radius 3 is 2.50 bits per heavy atom. The van der Waals surface area contributed by atoms with E-state index >= 15 is 0 Å². The molecule has 0 bridgehead atoms. The number of Topliss-reactive ketones (excluding diaryl/α,β-unsaturated/α-hetero) is 1. The molecular formula is C20H20N2O2. The van der Waals surface area contributed by atoms with Crippen molar-refractivity contribution in [3.05, 3.63) is 65.7 Å². The molecule has 2 aromatic carbocycles. The normalized spacial score (nSPS) is 19.6. The molecule has 1 saturated carbocycles. The molecular weight excluding hydrogens is 300 g/mol. The number of para-hydroxylation sites is 1. The van der Waals surface area contributed by atoms with E-state index in [2.05, 4.69) is 5.32 Å². The molecule has 1 atom stereocenters. The molecule has 122 valence electrons. The van der Waals surface area contributed by atoms with Crippen LogP contribution in [0.5, 0.6) is 0 Å². The van der Waals surface area contributed by atoms with Crippen LogP contribution in [0, 0.1) is 5.92 Å². The van der Waals surface area contributed by atoms with E-state index in [9.17, 15) is 9.59 Å². The minimum atomic E-state index is -0.191. The first-order valence-corrected chi connectivity index (χ1v) is 8.45. The summed E-state index contributed by atoms with van der Waals surface area (Å²) in [6.07, 6.45) is 2.40. The van der Waals surface area contributed by atoms with Crippen molar-refractivity contribution in [2.45, 2.75) is 31.8 Å². The van der Waals surface area contributed by atoms with Gasteiger partial charge in [0.1, 0.15) is 5.78 Å². The van der Waals surface area contributed by atoms with Gasteiger partial charge in [0.25, 0.3) is 0 Å². The number of nitrogens with one attached hydrogen (secondary N) is 1. The third-order valence-electron chi connectivity index (χ3n) is 4.82. The van der Waals surface area contributed by atoms with Gasteiger partial charge in [0.05, 0.1) is 6.04 Å². The average molecular weight is 320 g/mol. The first kappa shape index (κ1) is 14.9. The fraction of sp³-hybridized carbons (Fsp3) is 0.300. The summed E-state index contributed by atoms with van der Waals surface area (Å²) in [5.41, 5.74) is 2.92. The molecule has 1 aliphatic carbocycles. The van der Waals surface area contributed by atoms with Crippen molar-refractivity contribution in [3.8, 4) is 0 Å². The van der Waals surface area contributed by atoms with Crippen LogP contribution < -0.4 is 5.32 Å². The molecule has 2 amide bonds. The van der Waals surface area contributed by atoms with Gasteiger partial charge in [-0.25, -0.2) is 4.79 Å². The Labute approximate surface area is 141 Å². The Kier molecular flexibility index (Phi) is 3.81. The van der Waals surface area contributed by atoms with Crippen LogP contribution in [0.3, 0.4) is 0 Å². The van der Waals surface area contributed by atoms with Gasteiger partial charge in [0, 0.05) is 24.6 Å². The highest BCUT2D eigenvalue weighted by atomic mass is 16.2. The van der Waals surface area contributed by atoms with Crippen LogP contribution in [-0.4, -0.2) is 16.7 Å². The number of amides is 2. The van der Waals surface area contributed by atoms with Crippen LogP contribution in [-0.2, 0) is 11.3 Å². The van der Waals surface area contributed by atoms with Crippen molar-refractivity contribution >= 4 is 17.5 Å². The van der Waals surface area contributed by atoms with Gasteiger partial charge in [0.15, 0.2) is 0 Å². The number of carbonyl (C=O) groups excluding carboxylic acids is 2. The van der Waals surface area contributed by atoms with Crippen molar-refractivity contribution in [1.82, 2.24) is 4.90 Å². The van der Waals surface area contributed by atoms with Crippen LogP contribution in [0.4, 0.5) is 10.5 Å². The number of rotatable bonds is 5. The van der Waals surface area contributed by atoms with E-state index in [-0.39, 0.29) is 23.8 Å². The van der Waals surface area contributed by atoms with E-state index in [1.54, 1.807) is 4.90 Å². The van der Waals surface area contributed by atoms with Crippen molar-refractivity contribution in [1.29, 1.82) is 0 Å². The second kappa shape index (κ2) is 6.11. The van der Waals surface area contributed by atoms with Crippen LogP contribution >= 0.6 is 0 Å². The summed E-state index contributed by atoms with van der Waals surface area (Å²) in [4.78, 5) is 26.9. The highest BCUT2D eigenvalue weighted by Gasteiger charge is 2.37. The van der Waals surface area contributed by atoms with E-state index in [0.717, 1.165) is 29.7 Å². The van der Waals surface area contributed by atoms with Gasteiger partial charge in [-0.1, -0.05) is 48.5 Å². The van der Waals surface area contributed by atoms with Crippen LogP contribution in [0.25, 0.3) is 0 Å². The lowest BCUT2D eigenvalue weighted by Crippen LogP contribution is -2.42. The number of ketones is 1. The molecule has 1 unspecified atom stereocenters. The molecule has 1 fully saturated rings. The largest absolute Gasteiger partial charge is 0.322 e. The summed E-state index contributed by atoms with van der Waals surface area (Å²) in [7, 11) is 0. The maximum atomic E-state index is 12.6. The minimum Gasteiger partial charge on any atom is -0.313 e. The summed E-state index contributed by atoms with van der Waals surface area (Å²) < 4.78 is 0. The minimum absolute atomic E-state index is 0.133. The van der Waals surface area contributed by atoms with Crippen molar-refractivity contribution in [3.63, 3.8) is 0 Å². The number of urea groups is 1. The second-order valence-electron chi connectivity index (χ2n) is 6.59. The highest BCUT2D eigenvalue weighted by molar-refractivity contribution is 5.94. The molecule has 1 N–H and O–H groups in total. The maximum Gasteiger partial charge on any atom is 0.322 e. The van der Waals surface area contributed by atoms with Gasteiger partial charge in [-0.3, -0.25) is 4.79 Å². The summed E-state index contributed by atoms with van der Waals surface area (Å²) >= 11 is 0. The number of anilines is 1. The first-order chi connectivity index (χ1) is 11.7. The molecule has 4 heteroatoms. The predicted molar refractivity (Wildman–Crippen MR) is 92.5 cm³/mol. The topological polar surface area (TPSA) is 49.4 Å². The van der Waals surface area contributed by atoms with Gasteiger partial charge in [0.2, 0.25) is 0 Å². The Hall–Kier alpha value is -2.62. The molecule has 4 nitrogen and oxygen atoms in total. The zero-order chi connectivity index (χ0) is 16.5. The lowest BCUT2D eigenvalue weighted by molar-refractivity contribution is -0.121. The summed E-state index contributed by atoms with van der Waals surface area (Å²) in [5.74, 6) is 0.489. The molecule has 0 radical (unpaired) electrons. The van der Waals surface area contributed by atoms with Gasteiger partial charge in [-0.15, -0.1) is 0 Å². The molecule has 0 aromatic heterocycles. The Bertz CT molecular complexity index is 768. The van der Waals surface area contributed by atoms with E-state index in [0.29, 0.717) is 13.0 Å². The first-order valence-electron chi connectivity index (χ1n) is 8.45. The smallest absolute Gasteiger partial charge is 0.313 e. The summed E-state index contributed by atoms with van der Waals surface area (Å²) in [6.45, 7) is 0.504.